The fraction of sp³-hybridized carbons (Fsp3) is 0.0714. The summed E-state index contributed by atoms with van der Waals surface area (Å²) in [6, 6.07) is 10.2. The molecule has 2 rings (SSSR count). The standard InChI is InChI=1S/C14H10BrCl2NO/c15-12-3-2-10(18)7-11(12)14(19)6-8-5-9(16)1-4-13(8)17/h1-5,7H,6,18H2. The maximum Gasteiger partial charge on any atom is 0.168 e. The molecule has 0 radical (unpaired) electrons. The van der Waals surface area contributed by atoms with Gasteiger partial charge in [0.2, 0.25) is 0 Å². The van der Waals surface area contributed by atoms with Crippen molar-refractivity contribution in [1.29, 1.82) is 0 Å². The molecule has 19 heavy (non-hydrogen) atoms. The van der Waals surface area contributed by atoms with E-state index in [-0.39, 0.29) is 12.2 Å². The molecule has 2 aromatic carbocycles. The average Bonchev–Trinajstić information content (AvgIpc) is 2.36. The Morgan fingerprint density at radius 1 is 1.16 bits per heavy atom. The van der Waals surface area contributed by atoms with Crippen LogP contribution in [0, 0.1) is 0 Å². The predicted molar refractivity (Wildman–Crippen MR) is 83.1 cm³/mol. The molecule has 0 aromatic heterocycles. The van der Waals surface area contributed by atoms with Crippen LogP contribution in [-0.4, -0.2) is 5.78 Å². The molecule has 0 bridgehead atoms. The topological polar surface area (TPSA) is 43.1 Å². The lowest BCUT2D eigenvalue weighted by atomic mass is 10.0. The summed E-state index contributed by atoms with van der Waals surface area (Å²) in [6.07, 6.45) is 0.182. The number of ketones is 1. The third-order valence-corrected chi connectivity index (χ3v) is 3.94. The third kappa shape index (κ3) is 3.50. The lowest BCUT2D eigenvalue weighted by Crippen LogP contribution is -2.06. The molecule has 0 saturated heterocycles. The zero-order valence-corrected chi connectivity index (χ0v) is 12.9. The monoisotopic (exact) mass is 357 g/mol. The minimum Gasteiger partial charge on any atom is -0.399 e. The molecule has 0 atom stereocenters. The van der Waals surface area contributed by atoms with Crippen LogP contribution in [0.2, 0.25) is 10.0 Å². The number of halogens is 3. The lowest BCUT2D eigenvalue weighted by molar-refractivity contribution is 0.0992. The Labute approximate surface area is 129 Å². The Hall–Kier alpha value is -1.03. The van der Waals surface area contributed by atoms with Gasteiger partial charge in [-0.25, -0.2) is 0 Å². The number of Topliss-reactive ketones (excluding diaryl/α,β-unsaturated/α-hetero) is 1. The maximum absolute atomic E-state index is 12.3. The highest BCUT2D eigenvalue weighted by molar-refractivity contribution is 9.10. The molecule has 0 unspecified atom stereocenters. The van der Waals surface area contributed by atoms with Crippen molar-refractivity contribution in [3.63, 3.8) is 0 Å². The van der Waals surface area contributed by atoms with Crippen LogP contribution < -0.4 is 5.73 Å². The summed E-state index contributed by atoms with van der Waals surface area (Å²) in [5.74, 6) is -0.0664. The fourth-order valence-electron chi connectivity index (χ4n) is 1.70. The number of carbonyl (C=O) groups is 1. The minimum absolute atomic E-state index is 0.0664. The van der Waals surface area contributed by atoms with Crippen LogP contribution >= 0.6 is 39.1 Å². The molecular formula is C14H10BrCl2NO. The number of benzene rings is 2. The molecule has 0 aliphatic rings. The van der Waals surface area contributed by atoms with Gasteiger partial charge in [-0.2, -0.15) is 0 Å². The van der Waals surface area contributed by atoms with Crippen LogP contribution in [0.4, 0.5) is 5.69 Å². The van der Waals surface area contributed by atoms with Gasteiger partial charge in [-0.1, -0.05) is 39.1 Å². The van der Waals surface area contributed by atoms with Crippen LogP contribution in [0.25, 0.3) is 0 Å². The van der Waals surface area contributed by atoms with Gasteiger partial charge in [0, 0.05) is 32.2 Å². The van der Waals surface area contributed by atoms with Crippen molar-refractivity contribution in [3.05, 3.63) is 62.0 Å². The molecule has 0 aliphatic heterocycles. The van der Waals surface area contributed by atoms with E-state index < -0.39 is 0 Å². The maximum atomic E-state index is 12.3. The zero-order chi connectivity index (χ0) is 14.0. The van der Waals surface area contributed by atoms with Crippen molar-refractivity contribution >= 4 is 50.6 Å². The van der Waals surface area contributed by atoms with E-state index in [1.165, 1.54) is 0 Å². The highest BCUT2D eigenvalue weighted by Crippen LogP contribution is 2.25. The molecule has 0 spiro atoms. The van der Waals surface area contributed by atoms with Gasteiger partial charge in [0.15, 0.2) is 5.78 Å². The first-order valence-electron chi connectivity index (χ1n) is 5.49. The number of anilines is 1. The second-order valence-corrected chi connectivity index (χ2v) is 5.77. The van der Waals surface area contributed by atoms with E-state index in [4.69, 9.17) is 28.9 Å². The van der Waals surface area contributed by atoms with Crippen molar-refractivity contribution in [2.24, 2.45) is 0 Å². The molecule has 0 aliphatic carbocycles. The molecule has 2 aromatic rings. The molecule has 5 heteroatoms. The highest BCUT2D eigenvalue weighted by atomic mass is 79.9. The normalized spacial score (nSPS) is 10.5. The molecule has 0 amide bonds. The summed E-state index contributed by atoms with van der Waals surface area (Å²) >= 11 is 15.3. The fourth-order valence-corrected chi connectivity index (χ4v) is 2.55. The van der Waals surface area contributed by atoms with Crippen LogP contribution in [0.3, 0.4) is 0 Å². The quantitative estimate of drug-likeness (QED) is 0.634. The summed E-state index contributed by atoms with van der Waals surface area (Å²) in [5, 5.41) is 1.08. The van der Waals surface area contributed by atoms with Gasteiger partial charge in [0.25, 0.3) is 0 Å². The first-order chi connectivity index (χ1) is 8.97. The van der Waals surface area contributed by atoms with E-state index in [0.717, 1.165) is 0 Å². The largest absolute Gasteiger partial charge is 0.399 e. The summed E-state index contributed by atoms with van der Waals surface area (Å²) < 4.78 is 0.713. The Bertz CT molecular complexity index is 643. The number of hydrogen-bond donors (Lipinski definition) is 1. The SMILES string of the molecule is Nc1ccc(Br)c(C(=O)Cc2cc(Cl)ccc2Cl)c1. The van der Waals surface area contributed by atoms with Gasteiger partial charge < -0.3 is 5.73 Å². The Kier molecular flexibility index (Phi) is 4.50. The summed E-state index contributed by atoms with van der Waals surface area (Å²) in [5.41, 5.74) is 7.48. The van der Waals surface area contributed by atoms with Gasteiger partial charge in [0.05, 0.1) is 0 Å². The summed E-state index contributed by atoms with van der Waals surface area (Å²) in [4.78, 5) is 12.3. The van der Waals surface area contributed by atoms with Crippen molar-refractivity contribution < 1.29 is 4.79 Å². The van der Waals surface area contributed by atoms with Gasteiger partial charge in [-0.15, -0.1) is 0 Å². The zero-order valence-electron chi connectivity index (χ0n) is 9.79. The Morgan fingerprint density at radius 3 is 2.63 bits per heavy atom. The summed E-state index contributed by atoms with van der Waals surface area (Å²) in [6.45, 7) is 0. The molecule has 2 N–H and O–H groups in total. The van der Waals surface area contributed by atoms with Crippen LogP contribution in [0.15, 0.2) is 40.9 Å². The van der Waals surface area contributed by atoms with E-state index in [1.54, 1.807) is 36.4 Å². The number of hydrogen-bond acceptors (Lipinski definition) is 2. The van der Waals surface area contributed by atoms with E-state index >= 15 is 0 Å². The first-order valence-corrected chi connectivity index (χ1v) is 7.04. The van der Waals surface area contributed by atoms with Crippen molar-refractivity contribution in [3.8, 4) is 0 Å². The molecule has 0 saturated carbocycles. The van der Waals surface area contributed by atoms with E-state index in [1.807, 2.05) is 0 Å². The average molecular weight is 359 g/mol. The molecule has 0 heterocycles. The minimum atomic E-state index is -0.0664. The highest BCUT2D eigenvalue weighted by Gasteiger charge is 2.13. The van der Waals surface area contributed by atoms with E-state index in [9.17, 15) is 4.79 Å². The van der Waals surface area contributed by atoms with E-state index in [0.29, 0.717) is 31.3 Å². The lowest BCUT2D eigenvalue weighted by Gasteiger charge is -2.07. The second kappa shape index (κ2) is 5.95. The first kappa shape index (κ1) is 14.4. The van der Waals surface area contributed by atoms with Crippen LogP contribution in [0.1, 0.15) is 15.9 Å². The third-order valence-electron chi connectivity index (χ3n) is 2.65. The predicted octanol–water partition coefficient (Wildman–Crippen LogP) is 4.76. The second-order valence-electron chi connectivity index (χ2n) is 4.07. The number of rotatable bonds is 3. The van der Waals surface area contributed by atoms with Gasteiger partial charge in [-0.3, -0.25) is 4.79 Å². The van der Waals surface area contributed by atoms with Gasteiger partial charge >= 0.3 is 0 Å². The number of nitrogen functional groups attached to an aromatic ring is 1. The van der Waals surface area contributed by atoms with E-state index in [2.05, 4.69) is 15.9 Å². The summed E-state index contributed by atoms with van der Waals surface area (Å²) in [7, 11) is 0. The van der Waals surface area contributed by atoms with Crippen LogP contribution in [0.5, 0.6) is 0 Å². The van der Waals surface area contributed by atoms with Crippen molar-refractivity contribution in [2.45, 2.75) is 6.42 Å². The van der Waals surface area contributed by atoms with Crippen molar-refractivity contribution in [1.82, 2.24) is 0 Å². The smallest absolute Gasteiger partial charge is 0.168 e. The van der Waals surface area contributed by atoms with Gasteiger partial charge in [0.1, 0.15) is 0 Å². The van der Waals surface area contributed by atoms with Gasteiger partial charge in [-0.05, 0) is 42.0 Å². The Balaban J connectivity index is 2.30. The van der Waals surface area contributed by atoms with Crippen LogP contribution in [-0.2, 0) is 6.42 Å². The number of carbonyl (C=O) groups excluding carboxylic acids is 1. The number of nitrogens with two attached hydrogens (primary N) is 1. The van der Waals surface area contributed by atoms with Crippen molar-refractivity contribution in [2.75, 3.05) is 5.73 Å². The molecule has 0 fully saturated rings. The Morgan fingerprint density at radius 2 is 1.89 bits per heavy atom. The molecule has 2 nitrogen and oxygen atoms in total. The molecule has 98 valence electrons. The molecular weight excluding hydrogens is 349 g/mol.